The molecule has 36 heavy (non-hydrogen) atoms. The molecule has 1 aromatic carbocycles. The van der Waals surface area contributed by atoms with Crippen molar-refractivity contribution in [1.29, 1.82) is 0 Å². The van der Waals surface area contributed by atoms with E-state index in [0.717, 1.165) is 50.1 Å². The molecule has 2 aliphatic rings. The van der Waals surface area contributed by atoms with Crippen LogP contribution in [0.5, 0.6) is 0 Å². The number of fused-ring (bicyclic) bond motifs is 1. The summed E-state index contributed by atoms with van der Waals surface area (Å²) < 4.78 is 18.9. The molecule has 4 heterocycles. The average molecular weight is 513 g/mol. The van der Waals surface area contributed by atoms with Crippen molar-refractivity contribution < 1.29 is 18.7 Å². The van der Waals surface area contributed by atoms with Gasteiger partial charge in [0.1, 0.15) is 11.0 Å². The van der Waals surface area contributed by atoms with Crippen LogP contribution in [-0.4, -0.2) is 76.9 Å². The van der Waals surface area contributed by atoms with Crippen LogP contribution in [0.3, 0.4) is 0 Å². The molecule has 5 rings (SSSR count). The maximum Gasteiger partial charge on any atom is 0.226 e. The van der Waals surface area contributed by atoms with Crippen LogP contribution in [-0.2, 0) is 16.0 Å². The number of ether oxygens (including phenoxy) is 1. The first-order valence-electron chi connectivity index (χ1n) is 12.5. The van der Waals surface area contributed by atoms with E-state index in [1.807, 2.05) is 4.90 Å². The van der Waals surface area contributed by atoms with Crippen molar-refractivity contribution in [3.8, 4) is 0 Å². The number of amides is 1. The number of halogens is 2. The normalized spacial score (nSPS) is 18.4. The highest BCUT2D eigenvalue weighted by Gasteiger charge is 2.32. The number of benzene rings is 1. The number of ketones is 1. The van der Waals surface area contributed by atoms with Crippen molar-refractivity contribution in [3.63, 3.8) is 0 Å². The van der Waals surface area contributed by atoms with Gasteiger partial charge < -0.3 is 14.6 Å². The molecular formula is C27H30ClFN4O3. The van der Waals surface area contributed by atoms with Gasteiger partial charge in [0.15, 0.2) is 5.78 Å². The Morgan fingerprint density at radius 3 is 2.56 bits per heavy atom. The van der Waals surface area contributed by atoms with Crippen molar-refractivity contribution in [3.05, 3.63) is 64.8 Å². The fourth-order valence-electron chi connectivity index (χ4n) is 5.29. The average Bonchev–Trinajstić information content (AvgIpc) is 3.33. The molecule has 0 radical (unpaired) electrons. The molecule has 9 heteroatoms. The van der Waals surface area contributed by atoms with Crippen molar-refractivity contribution in [2.24, 2.45) is 5.92 Å². The molecule has 1 atom stereocenters. The minimum atomic E-state index is -0.531. The SMILES string of the molecule is O=C(C[C@@H](Cc1ccc(F)cc1)C(=O)N1CCC(N2CCOCC2)CC1)c1cc2cc(Cl)ncc2[nH]1. The first-order chi connectivity index (χ1) is 17.5. The highest BCUT2D eigenvalue weighted by Crippen LogP contribution is 2.25. The topological polar surface area (TPSA) is 78.5 Å². The first-order valence-corrected chi connectivity index (χ1v) is 12.9. The molecule has 0 unspecified atom stereocenters. The number of piperidine rings is 1. The lowest BCUT2D eigenvalue weighted by atomic mass is 9.91. The maximum absolute atomic E-state index is 13.7. The molecule has 0 saturated carbocycles. The summed E-state index contributed by atoms with van der Waals surface area (Å²) in [5, 5.41) is 1.15. The molecule has 3 aromatic rings. The third-order valence-electron chi connectivity index (χ3n) is 7.29. The molecule has 2 aliphatic heterocycles. The number of Topliss-reactive ketones (excluding diaryl/α,β-unsaturated/α-hetero) is 1. The quantitative estimate of drug-likeness (QED) is 0.381. The summed E-state index contributed by atoms with van der Waals surface area (Å²) in [6.07, 6.45) is 3.86. The fraction of sp³-hybridized carbons (Fsp3) is 0.444. The van der Waals surface area contributed by atoms with Crippen molar-refractivity contribution in [1.82, 2.24) is 19.8 Å². The third-order valence-corrected chi connectivity index (χ3v) is 7.49. The number of nitrogens with one attached hydrogen (secondary N) is 1. The van der Waals surface area contributed by atoms with Crippen LogP contribution in [0.15, 0.2) is 42.6 Å². The number of rotatable bonds is 7. The van der Waals surface area contributed by atoms with E-state index in [9.17, 15) is 14.0 Å². The van der Waals surface area contributed by atoms with Crippen molar-refractivity contribution >= 4 is 34.2 Å². The van der Waals surface area contributed by atoms with Gasteiger partial charge in [0.2, 0.25) is 5.91 Å². The van der Waals surface area contributed by atoms with E-state index in [0.29, 0.717) is 41.9 Å². The van der Waals surface area contributed by atoms with Crippen molar-refractivity contribution in [2.75, 3.05) is 39.4 Å². The van der Waals surface area contributed by atoms with Gasteiger partial charge in [-0.3, -0.25) is 14.5 Å². The highest BCUT2D eigenvalue weighted by atomic mass is 35.5. The lowest BCUT2D eigenvalue weighted by Crippen LogP contribution is -2.51. The van der Waals surface area contributed by atoms with Gasteiger partial charge in [-0.2, -0.15) is 0 Å². The van der Waals surface area contributed by atoms with Crippen LogP contribution in [0.25, 0.3) is 10.9 Å². The van der Waals surface area contributed by atoms with Crippen LogP contribution in [0.4, 0.5) is 4.39 Å². The Labute approximate surface area is 214 Å². The Kier molecular flexibility index (Phi) is 7.65. The van der Waals surface area contributed by atoms with E-state index in [1.54, 1.807) is 30.5 Å². The lowest BCUT2D eigenvalue weighted by molar-refractivity contribution is -0.137. The summed E-state index contributed by atoms with van der Waals surface area (Å²) in [5.74, 6) is -1.02. The molecule has 1 amide bonds. The number of aromatic nitrogens is 2. The number of nitrogens with zero attached hydrogens (tertiary/aromatic N) is 3. The lowest BCUT2D eigenvalue weighted by Gasteiger charge is -2.40. The second kappa shape index (κ2) is 11.1. The van der Waals surface area contributed by atoms with Gasteiger partial charge in [0.05, 0.1) is 30.6 Å². The highest BCUT2D eigenvalue weighted by molar-refractivity contribution is 6.30. The number of hydrogen-bond acceptors (Lipinski definition) is 5. The van der Waals surface area contributed by atoms with Crippen LogP contribution in [0.1, 0.15) is 35.3 Å². The number of H-pyrrole nitrogens is 1. The van der Waals surface area contributed by atoms with Crippen LogP contribution in [0, 0.1) is 11.7 Å². The van der Waals surface area contributed by atoms with Gasteiger partial charge in [0.25, 0.3) is 0 Å². The molecule has 2 aromatic heterocycles. The third kappa shape index (κ3) is 5.77. The van der Waals surface area contributed by atoms with E-state index >= 15 is 0 Å². The summed E-state index contributed by atoms with van der Waals surface area (Å²) in [5.41, 5.74) is 1.98. The smallest absolute Gasteiger partial charge is 0.226 e. The molecule has 2 saturated heterocycles. The summed E-state index contributed by atoms with van der Waals surface area (Å²) in [6.45, 7) is 4.74. The Hall–Kier alpha value is -2.81. The molecule has 0 bridgehead atoms. The second-order valence-corrected chi connectivity index (χ2v) is 10.0. The van der Waals surface area contributed by atoms with E-state index in [4.69, 9.17) is 16.3 Å². The van der Waals surface area contributed by atoms with Gasteiger partial charge in [-0.05, 0) is 49.1 Å². The molecule has 2 fully saturated rings. The van der Waals surface area contributed by atoms with Crippen LogP contribution in [0.2, 0.25) is 5.15 Å². The van der Waals surface area contributed by atoms with Gasteiger partial charge in [-0.15, -0.1) is 0 Å². The monoisotopic (exact) mass is 512 g/mol. The Bertz CT molecular complexity index is 1220. The molecule has 0 aliphatic carbocycles. The number of morpholine rings is 1. The number of carbonyl (C=O) groups excluding carboxylic acids is 2. The second-order valence-electron chi connectivity index (χ2n) is 9.64. The van der Waals surface area contributed by atoms with Gasteiger partial charge in [-0.1, -0.05) is 23.7 Å². The number of likely N-dealkylation sites (tertiary alicyclic amines) is 1. The standard InChI is InChI=1S/C27H30ClFN4O3/c28-26-16-19-14-23(31-24(19)17-30-26)25(34)15-20(13-18-1-3-21(29)4-2-18)27(35)33-7-5-22(6-8-33)32-9-11-36-12-10-32/h1-4,14,16-17,20,22,31H,5-13,15H2/t20-/m1/s1. The summed E-state index contributed by atoms with van der Waals surface area (Å²) in [7, 11) is 0. The predicted molar refractivity (Wildman–Crippen MR) is 136 cm³/mol. The molecular weight excluding hydrogens is 483 g/mol. The zero-order valence-corrected chi connectivity index (χ0v) is 20.8. The van der Waals surface area contributed by atoms with E-state index in [-0.39, 0.29) is 23.9 Å². The number of pyridine rings is 1. The maximum atomic E-state index is 13.7. The zero-order valence-electron chi connectivity index (χ0n) is 20.1. The number of hydrogen-bond donors (Lipinski definition) is 1. The Balaban J connectivity index is 1.30. The van der Waals surface area contributed by atoms with Crippen LogP contribution < -0.4 is 0 Å². The minimum Gasteiger partial charge on any atom is -0.379 e. The minimum absolute atomic E-state index is 0.0195. The number of aromatic amines is 1. The van der Waals surface area contributed by atoms with Crippen molar-refractivity contribution in [2.45, 2.75) is 31.7 Å². The van der Waals surface area contributed by atoms with E-state index in [2.05, 4.69) is 14.9 Å². The first kappa shape index (κ1) is 24.9. The van der Waals surface area contributed by atoms with E-state index < -0.39 is 5.92 Å². The van der Waals surface area contributed by atoms with Gasteiger partial charge in [-0.25, -0.2) is 9.37 Å². The molecule has 1 N–H and O–H groups in total. The zero-order chi connectivity index (χ0) is 25.1. The number of carbonyl (C=O) groups is 2. The molecule has 0 spiro atoms. The Morgan fingerprint density at radius 2 is 1.83 bits per heavy atom. The predicted octanol–water partition coefficient (Wildman–Crippen LogP) is 4.11. The van der Waals surface area contributed by atoms with Crippen LogP contribution >= 0.6 is 11.6 Å². The molecule has 190 valence electrons. The van der Waals surface area contributed by atoms with E-state index in [1.165, 1.54) is 12.1 Å². The summed E-state index contributed by atoms with van der Waals surface area (Å²) in [6, 6.07) is 10.1. The molecule has 7 nitrogen and oxygen atoms in total. The Morgan fingerprint density at radius 1 is 1.11 bits per heavy atom. The van der Waals surface area contributed by atoms with Gasteiger partial charge in [0, 0.05) is 49.9 Å². The summed E-state index contributed by atoms with van der Waals surface area (Å²) >= 11 is 5.98. The fourth-order valence-corrected chi connectivity index (χ4v) is 5.46. The van der Waals surface area contributed by atoms with Gasteiger partial charge >= 0.3 is 0 Å². The summed E-state index contributed by atoms with van der Waals surface area (Å²) in [4.78, 5) is 38.4. The largest absolute Gasteiger partial charge is 0.379 e.